The van der Waals surface area contributed by atoms with E-state index in [0.29, 0.717) is 18.5 Å². The van der Waals surface area contributed by atoms with Crippen molar-refractivity contribution in [3.63, 3.8) is 0 Å². The van der Waals surface area contributed by atoms with Crippen molar-refractivity contribution >= 4 is 17.3 Å². The normalized spacial score (nSPS) is 11.2. The van der Waals surface area contributed by atoms with E-state index in [0.717, 1.165) is 5.69 Å². The fourth-order valence-electron chi connectivity index (χ4n) is 1.52. The number of rotatable bonds is 6. The monoisotopic (exact) mass is 264 g/mol. The highest BCUT2D eigenvalue weighted by molar-refractivity contribution is 5.85. The van der Waals surface area contributed by atoms with E-state index in [-0.39, 0.29) is 5.69 Å². The first-order valence-corrected chi connectivity index (χ1v) is 5.77. The first kappa shape index (κ1) is 14.7. The number of nitro benzene ring substituents is 1. The molecule has 19 heavy (non-hydrogen) atoms. The summed E-state index contributed by atoms with van der Waals surface area (Å²) in [7, 11) is 1.85. The molecule has 0 spiro atoms. The van der Waals surface area contributed by atoms with Gasteiger partial charge in [0.1, 0.15) is 0 Å². The van der Waals surface area contributed by atoms with Crippen LogP contribution in [0.5, 0.6) is 0 Å². The predicted octanol–water partition coefficient (Wildman–Crippen LogP) is 2.45. The lowest BCUT2D eigenvalue weighted by Gasteiger charge is -2.18. The number of benzene rings is 1. The highest BCUT2D eigenvalue weighted by Crippen LogP contribution is 2.18. The number of hydrogen-bond acceptors (Lipinski definition) is 4. The van der Waals surface area contributed by atoms with Gasteiger partial charge in [-0.1, -0.05) is 6.08 Å². The summed E-state index contributed by atoms with van der Waals surface area (Å²) in [6.07, 6.45) is 2.26. The molecule has 102 valence electrons. The predicted molar refractivity (Wildman–Crippen MR) is 72.4 cm³/mol. The fourth-order valence-corrected chi connectivity index (χ4v) is 1.52. The minimum atomic E-state index is -0.919. The minimum absolute atomic E-state index is 0.0544. The highest BCUT2D eigenvalue weighted by atomic mass is 16.6. The molecule has 0 fully saturated rings. The molecule has 1 rings (SSSR count). The molecule has 6 heteroatoms. The van der Waals surface area contributed by atoms with Crippen LogP contribution in [0.2, 0.25) is 0 Å². The number of nitro groups is 1. The average Bonchev–Trinajstić information content (AvgIpc) is 2.38. The lowest BCUT2D eigenvalue weighted by atomic mass is 10.2. The van der Waals surface area contributed by atoms with Crippen LogP contribution in [0, 0.1) is 10.1 Å². The third-order valence-corrected chi connectivity index (χ3v) is 2.75. The Morgan fingerprint density at radius 2 is 2.00 bits per heavy atom. The molecule has 0 amide bonds. The van der Waals surface area contributed by atoms with Gasteiger partial charge in [0.15, 0.2) is 0 Å². The number of anilines is 1. The maximum absolute atomic E-state index is 10.6. The van der Waals surface area contributed by atoms with E-state index < -0.39 is 10.9 Å². The lowest BCUT2D eigenvalue weighted by molar-refractivity contribution is -0.384. The van der Waals surface area contributed by atoms with E-state index in [1.165, 1.54) is 12.1 Å². The van der Waals surface area contributed by atoms with Gasteiger partial charge in [-0.05, 0) is 25.5 Å². The van der Waals surface area contributed by atoms with Crippen LogP contribution in [0.15, 0.2) is 35.9 Å². The molecule has 0 saturated carbocycles. The molecule has 1 N–H and O–H groups in total. The Hall–Kier alpha value is -2.37. The Bertz CT molecular complexity index is 494. The standard InChI is InChI=1S/C13H16N2O4/c1-10(13(16)17)4-3-9-14(2)11-5-7-12(8-6-11)15(18)19/h4-8H,3,9H2,1-2H3,(H,16,17)/b10-4+. The van der Waals surface area contributed by atoms with Crippen molar-refractivity contribution in [1.29, 1.82) is 0 Å². The molecule has 6 nitrogen and oxygen atoms in total. The minimum Gasteiger partial charge on any atom is -0.478 e. The summed E-state index contributed by atoms with van der Waals surface area (Å²) >= 11 is 0. The number of nitrogens with zero attached hydrogens (tertiary/aromatic N) is 2. The molecular formula is C13H16N2O4. The Labute approximate surface area is 111 Å². The first-order valence-electron chi connectivity index (χ1n) is 5.77. The summed E-state index contributed by atoms with van der Waals surface area (Å²) in [5.41, 5.74) is 1.22. The summed E-state index contributed by atoms with van der Waals surface area (Å²) in [6.45, 7) is 2.19. The van der Waals surface area contributed by atoms with Crippen LogP contribution < -0.4 is 4.90 Å². The third kappa shape index (κ3) is 4.42. The van der Waals surface area contributed by atoms with E-state index in [4.69, 9.17) is 5.11 Å². The average molecular weight is 264 g/mol. The summed E-state index contributed by atoms with van der Waals surface area (Å²) in [6, 6.07) is 6.24. The van der Waals surface area contributed by atoms with E-state index in [1.54, 1.807) is 25.1 Å². The van der Waals surface area contributed by atoms with E-state index >= 15 is 0 Å². The van der Waals surface area contributed by atoms with Gasteiger partial charge in [0.05, 0.1) is 4.92 Å². The van der Waals surface area contributed by atoms with Crippen LogP contribution in [0.4, 0.5) is 11.4 Å². The van der Waals surface area contributed by atoms with Gasteiger partial charge in [-0.15, -0.1) is 0 Å². The second-order valence-corrected chi connectivity index (χ2v) is 4.18. The topological polar surface area (TPSA) is 83.7 Å². The van der Waals surface area contributed by atoms with Crippen LogP contribution in [0.3, 0.4) is 0 Å². The van der Waals surface area contributed by atoms with E-state index in [1.807, 2.05) is 11.9 Å². The van der Waals surface area contributed by atoms with Gasteiger partial charge in [0.25, 0.3) is 5.69 Å². The lowest BCUT2D eigenvalue weighted by Crippen LogP contribution is -2.18. The van der Waals surface area contributed by atoms with Gasteiger partial charge in [-0.2, -0.15) is 0 Å². The zero-order valence-electron chi connectivity index (χ0n) is 10.9. The Kier molecular flexibility index (Phi) is 5.05. The molecule has 0 radical (unpaired) electrons. The fraction of sp³-hybridized carbons (Fsp3) is 0.308. The molecule has 0 saturated heterocycles. The van der Waals surface area contributed by atoms with Crippen LogP contribution in [0.1, 0.15) is 13.3 Å². The molecule has 0 aromatic heterocycles. The van der Waals surface area contributed by atoms with Crippen molar-refractivity contribution in [2.45, 2.75) is 13.3 Å². The van der Waals surface area contributed by atoms with Gasteiger partial charge >= 0.3 is 5.97 Å². The largest absolute Gasteiger partial charge is 0.478 e. The quantitative estimate of drug-likeness (QED) is 0.484. The molecule has 1 aromatic rings. The van der Waals surface area contributed by atoms with Crippen LogP contribution in [0.25, 0.3) is 0 Å². The number of carboxylic acid groups (broad SMARTS) is 1. The second-order valence-electron chi connectivity index (χ2n) is 4.18. The molecule has 0 aliphatic carbocycles. The van der Waals surface area contributed by atoms with Gasteiger partial charge < -0.3 is 10.0 Å². The molecule has 0 aliphatic rings. The van der Waals surface area contributed by atoms with Crippen LogP contribution >= 0.6 is 0 Å². The van der Waals surface area contributed by atoms with Gasteiger partial charge in [-0.25, -0.2) is 4.79 Å². The molecule has 0 bridgehead atoms. The highest BCUT2D eigenvalue weighted by Gasteiger charge is 2.06. The zero-order valence-corrected chi connectivity index (χ0v) is 10.9. The van der Waals surface area contributed by atoms with Crippen molar-refractivity contribution in [3.8, 4) is 0 Å². The van der Waals surface area contributed by atoms with Crippen molar-refractivity contribution in [2.24, 2.45) is 0 Å². The van der Waals surface area contributed by atoms with E-state index in [9.17, 15) is 14.9 Å². The van der Waals surface area contributed by atoms with E-state index in [2.05, 4.69) is 0 Å². The number of carbonyl (C=O) groups is 1. The molecule has 1 aromatic carbocycles. The maximum Gasteiger partial charge on any atom is 0.330 e. The SMILES string of the molecule is C/C(=C\CCN(C)c1ccc([N+](=O)[O-])cc1)C(=O)O. The number of carboxylic acids is 1. The summed E-state index contributed by atoms with van der Waals surface area (Å²) < 4.78 is 0. The molecule has 0 atom stereocenters. The summed E-state index contributed by atoms with van der Waals surface area (Å²) in [5, 5.41) is 19.2. The Morgan fingerprint density at radius 1 is 1.42 bits per heavy atom. The maximum atomic E-state index is 10.6. The first-order chi connectivity index (χ1) is 8.91. The summed E-state index contributed by atoms with van der Waals surface area (Å²) in [4.78, 5) is 22.6. The number of hydrogen-bond donors (Lipinski definition) is 1. The van der Waals surface area contributed by atoms with Gasteiger partial charge in [-0.3, -0.25) is 10.1 Å². The van der Waals surface area contributed by atoms with Crippen LogP contribution in [-0.2, 0) is 4.79 Å². The van der Waals surface area contributed by atoms with Crippen molar-refractivity contribution in [3.05, 3.63) is 46.0 Å². The van der Waals surface area contributed by atoms with Crippen molar-refractivity contribution < 1.29 is 14.8 Å². The third-order valence-electron chi connectivity index (χ3n) is 2.75. The second kappa shape index (κ2) is 6.53. The zero-order chi connectivity index (χ0) is 14.4. The Morgan fingerprint density at radius 3 is 2.47 bits per heavy atom. The number of aliphatic carboxylic acids is 1. The smallest absolute Gasteiger partial charge is 0.330 e. The molecule has 0 aliphatic heterocycles. The summed E-state index contributed by atoms with van der Waals surface area (Å²) in [5.74, 6) is -0.919. The Balaban J connectivity index is 2.59. The number of non-ortho nitro benzene ring substituents is 1. The molecular weight excluding hydrogens is 248 g/mol. The molecule has 0 heterocycles. The van der Waals surface area contributed by atoms with Crippen molar-refractivity contribution in [2.75, 3.05) is 18.5 Å². The molecule has 0 unspecified atom stereocenters. The van der Waals surface area contributed by atoms with Crippen LogP contribution in [-0.4, -0.2) is 29.6 Å². The van der Waals surface area contributed by atoms with Gasteiger partial charge in [0, 0.05) is 37.0 Å². The van der Waals surface area contributed by atoms with Gasteiger partial charge in [0.2, 0.25) is 0 Å². The van der Waals surface area contributed by atoms with Crippen molar-refractivity contribution in [1.82, 2.24) is 0 Å².